The van der Waals surface area contributed by atoms with Crippen molar-refractivity contribution in [3.8, 4) is 0 Å². The van der Waals surface area contributed by atoms with Crippen molar-refractivity contribution in [3.05, 3.63) is 44.8 Å². The molecule has 10 heteroatoms. The Hall–Kier alpha value is -2.42. The second kappa shape index (κ2) is 7.03. The normalized spacial score (nSPS) is 9.73. The summed E-state index contributed by atoms with van der Waals surface area (Å²) in [6.07, 6.45) is 0. The van der Waals surface area contributed by atoms with E-state index in [0.717, 1.165) is 16.0 Å². The molecule has 2 rings (SSSR count). The first-order chi connectivity index (χ1) is 10.6. The molecule has 0 aliphatic carbocycles. The summed E-state index contributed by atoms with van der Waals surface area (Å²) in [5, 5.41) is 8.57. The molecule has 0 saturated heterocycles. The number of amides is 2. The molecule has 0 spiro atoms. The average molecular weight is 381 g/mol. The van der Waals surface area contributed by atoms with Gasteiger partial charge in [-0.15, -0.1) is 5.10 Å². The van der Waals surface area contributed by atoms with E-state index in [1.165, 1.54) is 7.05 Å². The lowest BCUT2D eigenvalue weighted by Gasteiger charge is -2.02. The summed E-state index contributed by atoms with van der Waals surface area (Å²) >= 11 is 4.07. The highest BCUT2D eigenvalue weighted by Gasteiger charge is 2.31. The summed E-state index contributed by atoms with van der Waals surface area (Å²) in [6, 6.07) is 6.83. The lowest BCUT2D eigenvalue weighted by molar-refractivity contribution is -0.114. The number of benzene rings is 1. The molecule has 0 bridgehead atoms. The van der Waals surface area contributed by atoms with E-state index in [-0.39, 0.29) is 16.3 Å². The monoisotopic (exact) mass is 380 g/mol. The fraction of sp³-hybridized carbons (Fsp3) is 0.0833. The molecule has 1 heterocycles. The van der Waals surface area contributed by atoms with Gasteiger partial charge in [0.2, 0.25) is 0 Å². The van der Waals surface area contributed by atoms with E-state index in [0.29, 0.717) is 5.69 Å². The highest BCUT2D eigenvalue weighted by Crippen LogP contribution is 2.16. The summed E-state index contributed by atoms with van der Waals surface area (Å²) in [6.45, 7) is 0. The molecule has 2 aromatic rings. The SMILES string of the molecule is CNC(=O)c1nnsc1C(=[N+]=[N-])C(=O)Nc1ccc(Br)cc1. The third-order valence-corrected chi connectivity index (χ3v) is 3.82. The zero-order chi connectivity index (χ0) is 16.1. The molecule has 1 aromatic carbocycles. The van der Waals surface area contributed by atoms with Gasteiger partial charge in [0.1, 0.15) is 0 Å². The van der Waals surface area contributed by atoms with Crippen LogP contribution in [-0.4, -0.2) is 39.0 Å². The second-order valence-corrected chi connectivity index (χ2v) is 5.61. The van der Waals surface area contributed by atoms with Crippen LogP contribution >= 0.6 is 27.5 Å². The van der Waals surface area contributed by atoms with Gasteiger partial charge in [-0.3, -0.25) is 9.59 Å². The van der Waals surface area contributed by atoms with Crippen molar-refractivity contribution < 1.29 is 14.4 Å². The van der Waals surface area contributed by atoms with Crippen molar-refractivity contribution >= 4 is 50.7 Å². The van der Waals surface area contributed by atoms with Crippen LogP contribution in [0.3, 0.4) is 0 Å². The highest BCUT2D eigenvalue weighted by atomic mass is 79.9. The van der Waals surface area contributed by atoms with Crippen LogP contribution in [0.15, 0.2) is 28.7 Å². The summed E-state index contributed by atoms with van der Waals surface area (Å²) in [7, 11) is 1.42. The number of anilines is 1. The Balaban J connectivity index is 2.27. The topological polar surface area (TPSA) is 120 Å². The third-order valence-electron chi connectivity index (χ3n) is 2.56. The molecule has 0 atom stereocenters. The predicted octanol–water partition coefficient (Wildman–Crippen LogP) is 1.32. The van der Waals surface area contributed by atoms with Gasteiger partial charge in [-0.25, -0.2) is 0 Å². The maximum absolute atomic E-state index is 12.2. The van der Waals surface area contributed by atoms with Gasteiger partial charge < -0.3 is 16.2 Å². The van der Waals surface area contributed by atoms with Crippen LogP contribution in [0.2, 0.25) is 0 Å². The van der Waals surface area contributed by atoms with Crippen molar-refractivity contribution in [3.63, 3.8) is 0 Å². The van der Waals surface area contributed by atoms with Crippen molar-refractivity contribution in [2.24, 2.45) is 0 Å². The van der Waals surface area contributed by atoms with Gasteiger partial charge in [0.25, 0.3) is 5.91 Å². The number of halogens is 1. The molecule has 0 aliphatic rings. The van der Waals surface area contributed by atoms with E-state index in [1.54, 1.807) is 24.3 Å². The van der Waals surface area contributed by atoms with Crippen molar-refractivity contribution in [2.75, 3.05) is 12.4 Å². The number of nitrogens with zero attached hydrogens (tertiary/aromatic N) is 4. The van der Waals surface area contributed by atoms with Gasteiger partial charge in [-0.05, 0) is 35.8 Å². The lowest BCUT2D eigenvalue weighted by atomic mass is 10.2. The molecule has 0 fully saturated rings. The molecule has 112 valence electrons. The van der Waals surface area contributed by atoms with Gasteiger partial charge >= 0.3 is 11.6 Å². The van der Waals surface area contributed by atoms with Crippen LogP contribution in [0, 0.1) is 0 Å². The van der Waals surface area contributed by atoms with E-state index in [9.17, 15) is 9.59 Å². The second-order valence-electron chi connectivity index (χ2n) is 3.94. The summed E-state index contributed by atoms with van der Waals surface area (Å²) in [5.41, 5.74) is 9.20. The first-order valence-corrected chi connectivity index (χ1v) is 7.47. The van der Waals surface area contributed by atoms with Gasteiger partial charge in [-0.2, -0.15) is 4.79 Å². The Morgan fingerprint density at radius 2 is 2.00 bits per heavy atom. The molecule has 0 radical (unpaired) electrons. The summed E-state index contributed by atoms with van der Waals surface area (Å²) in [4.78, 5) is 26.9. The number of carbonyl (C=O) groups is 2. The number of rotatable bonds is 4. The van der Waals surface area contributed by atoms with Crippen molar-refractivity contribution in [1.29, 1.82) is 0 Å². The molecule has 0 unspecified atom stereocenters. The lowest BCUT2D eigenvalue weighted by Crippen LogP contribution is -2.27. The Bertz CT molecular complexity index is 766. The number of hydrogen-bond acceptors (Lipinski definition) is 5. The Morgan fingerprint density at radius 3 is 2.59 bits per heavy atom. The van der Waals surface area contributed by atoms with Crippen LogP contribution in [0.5, 0.6) is 0 Å². The van der Waals surface area contributed by atoms with Crippen LogP contribution in [0.4, 0.5) is 5.69 Å². The van der Waals surface area contributed by atoms with Crippen LogP contribution < -0.4 is 10.6 Å². The largest absolute Gasteiger partial charge is 0.400 e. The smallest absolute Gasteiger partial charge is 0.360 e. The van der Waals surface area contributed by atoms with Crippen LogP contribution in [0.25, 0.3) is 5.53 Å². The Morgan fingerprint density at radius 1 is 1.32 bits per heavy atom. The van der Waals surface area contributed by atoms with Crippen LogP contribution in [-0.2, 0) is 4.79 Å². The minimum Gasteiger partial charge on any atom is -0.360 e. The van der Waals surface area contributed by atoms with Gasteiger partial charge in [0, 0.05) is 17.2 Å². The maximum atomic E-state index is 12.2. The first kappa shape index (κ1) is 16.0. The van der Waals surface area contributed by atoms with Gasteiger partial charge in [0.15, 0.2) is 10.6 Å². The predicted molar refractivity (Wildman–Crippen MR) is 83.8 cm³/mol. The minimum absolute atomic E-state index is 0.0775. The fourth-order valence-electron chi connectivity index (χ4n) is 1.53. The Kier molecular flexibility index (Phi) is 5.10. The molecule has 22 heavy (non-hydrogen) atoms. The van der Waals surface area contributed by atoms with E-state index in [2.05, 4.69) is 40.9 Å². The molecule has 0 saturated carbocycles. The molecule has 8 nitrogen and oxygen atoms in total. The number of nitrogens with one attached hydrogen (secondary N) is 2. The van der Waals surface area contributed by atoms with Gasteiger partial charge in [-0.1, -0.05) is 20.4 Å². The average Bonchev–Trinajstić information content (AvgIpc) is 2.99. The molecule has 2 amide bonds. The summed E-state index contributed by atoms with van der Waals surface area (Å²) < 4.78 is 4.47. The third kappa shape index (κ3) is 3.42. The van der Waals surface area contributed by atoms with Crippen molar-refractivity contribution in [2.45, 2.75) is 0 Å². The first-order valence-electron chi connectivity index (χ1n) is 5.90. The fourth-order valence-corrected chi connectivity index (χ4v) is 2.44. The highest BCUT2D eigenvalue weighted by molar-refractivity contribution is 9.10. The van der Waals surface area contributed by atoms with Crippen LogP contribution in [0.1, 0.15) is 15.4 Å². The zero-order valence-electron chi connectivity index (χ0n) is 11.2. The Labute approximate surface area is 137 Å². The molecular formula is C12H9BrN6O2S. The van der Waals surface area contributed by atoms with E-state index in [4.69, 9.17) is 5.53 Å². The van der Waals surface area contributed by atoms with Gasteiger partial charge in [0.05, 0.1) is 0 Å². The van der Waals surface area contributed by atoms with E-state index >= 15 is 0 Å². The number of aromatic nitrogens is 2. The number of hydrogen-bond donors (Lipinski definition) is 2. The zero-order valence-corrected chi connectivity index (χ0v) is 13.6. The molecule has 0 aliphatic heterocycles. The molecule has 2 N–H and O–H groups in total. The van der Waals surface area contributed by atoms with Crippen molar-refractivity contribution in [1.82, 2.24) is 14.9 Å². The van der Waals surface area contributed by atoms with E-state index in [1.807, 2.05) is 0 Å². The summed E-state index contributed by atoms with van der Waals surface area (Å²) in [5.74, 6) is -1.21. The quantitative estimate of drug-likeness (QED) is 0.471. The standard InChI is InChI=1S/C12H9BrN6O2S/c1-15-11(20)9-10(22-19-18-9)8(17-14)12(21)16-7-4-2-6(13)3-5-7/h2-5H,1H3,(H,15,20)(H,16,21). The maximum Gasteiger partial charge on any atom is 0.400 e. The molecular weight excluding hydrogens is 372 g/mol. The van der Waals surface area contributed by atoms with E-state index < -0.39 is 11.8 Å². The minimum atomic E-state index is -0.680. The number of carbonyl (C=O) groups excluding carboxylic acids is 2. The molecule has 1 aromatic heterocycles.